The number of carbonyl (C=O) groups excluding carboxylic acids is 2. The number of rotatable bonds is 4. The zero-order valence-corrected chi connectivity index (χ0v) is 19.2. The van der Waals surface area contributed by atoms with Crippen molar-refractivity contribution in [2.75, 3.05) is 31.1 Å². The molecule has 168 valence electrons. The fourth-order valence-electron chi connectivity index (χ4n) is 5.00. The number of piperazine rings is 1. The first-order valence-corrected chi connectivity index (χ1v) is 11.6. The van der Waals surface area contributed by atoms with Gasteiger partial charge >= 0.3 is 0 Å². The third-order valence-electron chi connectivity index (χ3n) is 7.02. The molecule has 2 aliphatic rings. The van der Waals surface area contributed by atoms with Gasteiger partial charge in [0.15, 0.2) is 0 Å². The predicted octanol–water partition coefficient (Wildman–Crippen LogP) is 4.35. The average molecular weight is 440 g/mol. The molecule has 5 nitrogen and oxygen atoms in total. The van der Waals surface area contributed by atoms with Gasteiger partial charge in [0, 0.05) is 44.0 Å². The van der Waals surface area contributed by atoms with E-state index in [1.165, 1.54) is 16.8 Å². The normalized spacial score (nSPS) is 16.7. The molecule has 0 aromatic heterocycles. The van der Waals surface area contributed by atoms with E-state index in [2.05, 4.69) is 36.9 Å². The molecule has 5 heteroatoms. The third-order valence-corrected chi connectivity index (χ3v) is 7.02. The van der Waals surface area contributed by atoms with E-state index >= 15 is 0 Å². The Labute approximate surface area is 195 Å². The van der Waals surface area contributed by atoms with Gasteiger partial charge in [-0.1, -0.05) is 60.7 Å². The van der Waals surface area contributed by atoms with Crippen LogP contribution in [0.25, 0.3) is 0 Å². The van der Waals surface area contributed by atoms with Crippen molar-refractivity contribution in [2.24, 2.45) is 0 Å². The summed E-state index contributed by atoms with van der Waals surface area (Å²) in [6.45, 7) is 7.60. The van der Waals surface area contributed by atoms with Crippen molar-refractivity contribution in [1.82, 2.24) is 9.80 Å². The number of amides is 2. The van der Waals surface area contributed by atoms with Gasteiger partial charge < -0.3 is 14.7 Å². The molecule has 33 heavy (non-hydrogen) atoms. The number of anilines is 1. The van der Waals surface area contributed by atoms with Crippen molar-refractivity contribution in [3.05, 3.63) is 101 Å². The highest BCUT2D eigenvalue weighted by Crippen LogP contribution is 2.33. The standard InChI is InChI=1S/C28H29N3O2/c1-20-9-8-14-25(21(20)2)29-15-17-30(18-16-29)28(33)26(22-10-4-3-5-11-22)31-19-23-12-6-7-13-24(23)27(31)32/h3-14,26H,15-19H2,1-2H3. The summed E-state index contributed by atoms with van der Waals surface area (Å²) in [6.07, 6.45) is 0. The number of benzene rings is 3. The van der Waals surface area contributed by atoms with E-state index < -0.39 is 6.04 Å². The Hall–Kier alpha value is -3.60. The number of nitrogens with zero attached hydrogens (tertiary/aromatic N) is 3. The minimum atomic E-state index is -0.613. The number of fused-ring (bicyclic) bond motifs is 1. The number of hydrogen-bond acceptors (Lipinski definition) is 3. The summed E-state index contributed by atoms with van der Waals surface area (Å²) in [7, 11) is 0. The van der Waals surface area contributed by atoms with Crippen LogP contribution in [0.2, 0.25) is 0 Å². The quantitative estimate of drug-likeness (QED) is 0.607. The summed E-state index contributed by atoms with van der Waals surface area (Å²) in [5, 5.41) is 0. The van der Waals surface area contributed by atoms with E-state index in [1.807, 2.05) is 59.5 Å². The Kier molecular flexibility index (Phi) is 5.63. The molecule has 0 spiro atoms. The Morgan fingerprint density at radius 2 is 1.52 bits per heavy atom. The zero-order valence-electron chi connectivity index (χ0n) is 19.2. The SMILES string of the molecule is Cc1cccc(N2CCN(C(=O)C(c3ccccc3)N3Cc4ccccc4C3=O)CC2)c1C. The van der Waals surface area contributed by atoms with E-state index in [1.54, 1.807) is 4.90 Å². The van der Waals surface area contributed by atoms with Crippen molar-refractivity contribution in [2.45, 2.75) is 26.4 Å². The molecular weight excluding hydrogens is 410 g/mol. The van der Waals surface area contributed by atoms with Gasteiger partial charge in [0.2, 0.25) is 5.91 Å². The van der Waals surface area contributed by atoms with Gasteiger partial charge in [-0.05, 0) is 48.2 Å². The smallest absolute Gasteiger partial charge is 0.255 e. The van der Waals surface area contributed by atoms with E-state index in [-0.39, 0.29) is 11.8 Å². The summed E-state index contributed by atoms with van der Waals surface area (Å²) in [4.78, 5) is 33.1. The molecule has 1 saturated heterocycles. The lowest BCUT2D eigenvalue weighted by molar-refractivity contribution is -0.136. The first-order valence-electron chi connectivity index (χ1n) is 11.6. The minimum Gasteiger partial charge on any atom is -0.368 e. The van der Waals surface area contributed by atoms with Gasteiger partial charge in [0.25, 0.3) is 5.91 Å². The van der Waals surface area contributed by atoms with Crippen molar-refractivity contribution in [3.63, 3.8) is 0 Å². The van der Waals surface area contributed by atoms with Crippen molar-refractivity contribution >= 4 is 17.5 Å². The largest absolute Gasteiger partial charge is 0.368 e. The van der Waals surface area contributed by atoms with Crippen LogP contribution in [0.3, 0.4) is 0 Å². The fourth-order valence-corrected chi connectivity index (χ4v) is 5.00. The Morgan fingerprint density at radius 1 is 0.818 bits per heavy atom. The second-order valence-electron chi connectivity index (χ2n) is 8.93. The maximum Gasteiger partial charge on any atom is 0.255 e. The Morgan fingerprint density at radius 3 is 2.24 bits per heavy atom. The predicted molar refractivity (Wildman–Crippen MR) is 130 cm³/mol. The molecule has 2 aliphatic heterocycles. The summed E-state index contributed by atoms with van der Waals surface area (Å²) >= 11 is 0. The molecule has 0 radical (unpaired) electrons. The van der Waals surface area contributed by atoms with E-state index in [0.29, 0.717) is 25.2 Å². The minimum absolute atomic E-state index is 0.00275. The summed E-state index contributed by atoms with van der Waals surface area (Å²) in [5.74, 6) is -0.0650. The molecule has 5 rings (SSSR count). The van der Waals surface area contributed by atoms with Gasteiger partial charge in [0.1, 0.15) is 6.04 Å². The van der Waals surface area contributed by atoms with Gasteiger partial charge in [-0.2, -0.15) is 0 Å². The van der Waals surface area contributed by atoms with E-state index in [0.717, 1.165) is 24.2 Å². The molecule has 2 amide bonds. The van der Waals surface area contributed by atoms with Crippen LogP contribution in [0.1, 0.15) is 38.7 Å². The molecular formula is C28H29N3O2. The molecule has 0 saturated carbocycles. The highest BCUT2D eigenvalue weighted by molar-refractivity contribution is 6.01. The highest BCUT2D eigenvalue weighted by Gasteiger charge is 2.39. The van der Waals surface area contributed by atoms with Gasteiger partial charge in [0.05, 0.1) is 0 Å². The second kappa shape index (κ2) is 8.74. The topological polar surface area (TPSA) is 43.9 Å². The molecule has 0 bridgehead atoms. The van der Waals surface area contributed by atoms with Gasteiger partial charge in [-0.25, -0.2) is 0 Å². The van der Waals surface area contributed by atoms with Crippen LogP contribution in [0.15, 0.2) is 72.8 Å². The zero-order chi connectivity index (χ0) is 22.9. The summed E-state index contributed by atoms with van der Waals surface area (Å²) in [5.41, 5.74) is 6.36. The number of hydrogen-bond donors (Lipinski definition) is 0. The van der Waals surface area contributed by atoms with Crippen molar-refractivity contribution < 1.29 is 9.59 Å². The van der Waals surface area contributed by atoms with Gasteiger partial charge in [-0.3, -0.25) is 9.59 Å². The Bertz CT molecular complexity index is 1180. The molecule has 2 heterocycles. The first-order chi connectivity index (χ1) is 16.0. The average Bonchev–Trinajstić information content (AvgIpc) is 3.18. The lowest BCUT2D eigenvalue weighted by atomic mass is 10.0. The second-order valence-corrected chi connectivity index (χ2v) is 8.93. The van der Waals surface area contributed by atoms with E-state index in [4.69, 9.17) is 0 Å². The van der Waals surface area contributed by atoms with Crippen LogP contribution in [0.4, 0.5) is 5.69 Å². The third kappa shape index (κ3) is 3.88. The molecule has 1 atom stereocenters. The lowest BCUT2D eigenvalue weighted by Gasteiger charge is -2.39. The van der Waals surface area contributed by atoms with Crippen LogP contribution in [0.5, 0.6) is 0 Å². The molecule has 0 N–H and O–H groups in total. The maximum atomic E-state index is 13.9. The molecule has 1 unspecified atom stereocenters. The van der Waals surface area contributed by atoms with Crippen molar-refractivity contribution in [1.29, 1.82) is 0 Å². The van der Waals surface area contributed by atoms with Crippen LogP contribution >= 0.6 is 0 Å². The van der Waals surface area contributed by atoms with E-state index in [9.17, 15) is 9.59 Å². The molecule has 0 aliphatic carbocycles. The Balaban J connectivity index is 1.38. The van der Waals surface area contributed by atoms with Crippen LogP contribution in [-0.2, 0) is 11.3 Å². The van der Waals surface area contributed by atoms with Crippen LogP contribution in [-0.4, -0.2) is 47.8 Å². The lowest BCUT2D eigenvalue weighted by Crippen LogP contribution is -2.52. The molecule has 1 fully saturated rings. The summed E-state index contributed by atoms with van der Waals surface area (Å²) < 4.78 is 0. The molecule has 3 aromatic carbocycles. The van der Waals surface area contributed by atoms with Gasteiger partial charge in [-0.15, -0.1) is 0 Å². The highest BCUT2D eigenvalue weighted by atomic mass is 16.2. The number of carbonyl (C=O) groups is 2. The summed E-state index contributed by atoms with van der Waals surface area (Å²) in [6, 6.07) is 23.1. The van der Waals surface area contributed by atoms with Crippen molar-refractivity contribution in [3.8, 4) is 0 Å². The fraction of sp³-hybridized carbons (Fsp3) is 0.286. The maximum absolute atomic E-state index is 13.9. The monoisotopic (exact) mass is 439 g/mol. The van der Waals surface area contributed by atoms with Crippen LogP contribution < -0.4 is 4.90 Å². The van der Waals surface area contributed by atoms with Crippen LogP contribution in [0, 0.1) is 13.8 Å². The first kappa shape index (κ1) is 21.3. The molecule has 3 aromatic rings. The number of aryl methyl sites for hydroxylation is 1.